The van der Waals surface area contributed by atoms with Gasteiger partial charge in [-0.3, -0.25) is 9.36 Å². The van der Waals surface area contributed by atoms with Crippen LogP contribution in [0.1, 0.15) is 30.0 Å². The lowest BCUT2D eigenvalue weighted by Crippen LogP contribution is -2.46. The maximum absolute atomic E-state index is 13.0. The third-order valence-corrected chi connectivity index (χ3v) is 8.42. The van der Waals surface area contributed by atoms with E-state index in [1.807, 2.05) is 0 Å². The van der Waals surface area contributed by atoms with Gasteiger partial charge in [0, 0.05) is 37.3 Å². The molecular weight excluding hydrogens is 444 g/mol. The molecule has 1 aromatic carbocycles. The first kappa shape index (κ1) is 21.3. The Kier molecular flexibility index (Phi) is 5.39. The van der Waals surface area contributed by atoms with Crippen molar-refractivity contribution in [1.82, 2.24) is 14.5 Å². The van der Waals surface area contributed by atoms with E-state index in [0.29, 0.717) is 20.8 Å². The zero-order valence-corrected chi connectivity index (χ0v) is 19.4. The van der Waals surface area contributed by atoms with Gasteiger partial charge >= 0.3 is 0 Å². The smallest absolute Gasteiger partial charge is 0.268 e. The maximum Gasteiger partial charge on any atom is 0.268 e. The van der Waals surface area contributed by atoms with E-state index in [2.05, 4.69) is 39.1 Å². The summed E-state index contributed by atoms with van der Waals surface area (Å²) in [5.41, 5.74) is 15.1. The number of fused-ring (bicyclic) bond motifs is 1. The Morgan fingerprint density at radius 1 is 1.16 bits per heavy atom. The van der Waals surface area contributed by atoms with Gasteiger partial charge < -0.3 is 16.4 Å². The SMILES string of the molecule is Cn1c(N2CCC3(CC2)Cc2ccccc2[C@H]3N)ncc(Sc2ccnc(N)c2Cl)c1=O. The lowest BCUT2D eigenvalue weighted by atomic mass is 9.73. The van der Waals surface area contributed by atoms with Crippen LogP contribution in [0.25, 0.3) is 0 Å². The molecule has 3 aromatic rings. The van der Waals surface area contributed by atoms with Gasteiger partial charge in [-0.1, -0.05) is 47.6 Å². The molecule has 1 aliphatic heterocycles. The molecule has 1 spiro atoms. The number of piperidine rings is 1. The summed E-state index contributed by atoms with van der Waals surface area (Å²) < 4.78 is 1.61. The average molecular weight is 469 g/mol. The van der Waals surface area contributed by atoms with E-state index in [1.54, 1.807) is 30.1 Å². The second-order valence-corrected chi connectivity index (χ2v) is 10.1. The number of anilines is 2. The molecule has 0 radical (unpaired) electrons. The number of nitrogen functional groups attached to an aromatic ring is 1. The van der Waals surface area contributed by atoms with Crippen LogP contribution in [0.4, 0.5) is 11.8 Å². The van der Waals surface area contributed by atoms with Crippen LogP contribution in [0.15, 0.2) is 57.3 Å². The van der Waals surface area contributed by atoms with Crippen molar-refractivity contribution in [2.75, 3.05) is 23.7 Å². The summed E-state index contributed by atoms with van der Waals surface area (Å²) in [6.45, 7) is 1.64. The molecule has 1 atom stereocenters. The summed E-state index contributed by atoms with van der Waals surface area (Å²) in [6, 6.07) is 10.3. The minimum atomic E-state index is -0.114. The second kappa shape index (κ2) is 8.10. The van der Waals surface area contributed by atoms with Crippen LogP contribution in [0.5, 0.6) is 0 Å². The maximum atomic E-state index is 13.0. The minimum Gasteiger partial charge on any atom is -0.382 e. The Morgan fingerprint density at radius 3 is 2.66 bits per heavy atom. The van der Waals surface area contributed by atoms with E-state index in [0.717, 1.165) is 32.4 Å². The first-order valence-electron chi connectivity index (χ1n) is 10.6. The Labute approximate surface area is 195 Å². The summed E-state index contributed by atoms with van der Waals surface area (Å²) in [6.07, 6.45) is 6.17. The lowest BCUT2D eigenvalue weighted by Gasteiger charge is -2.42. The van der Waals surface area contributed by atoms with Gasteiger partial charge in [0.15, 0.2) is 0 Å². The molecular formula is C23H25ClN6OS. The van der Waals surface area contributed by atoms with Gasteiger partial charge in [-0.25, -0.2) is 9.97 Å². The number of aromatic nitrogens is 3. The predicted octanol–water partition coefficient (Wildman–Crippen LogP) is 3.40. The molecule has 0 amide bonds. The number of hydrogen-bond acceptors (Lipinski definition) is 7. The van der Waals surface area contributed by atoms with Gasteiger partial charge in [-0.15, -0.1) is 0 Å². The zero-order valence-electron chi connectivity index (χ0n) is 17.8. The van der Waals surface area contributed by atoms with Crippen LogP contribution in [0.2, 0.25) is 5.02 Å². The zero-order chi connectivity index (χ0) is 22.5. The summed E-state index contributed by atoms with van der Waals surface area (Å²) in [4.78, 5) is 25.0. The number of rotatable bonds is 3. The molecule has 4 N–H and O–H groups in total. The van der Waals surface area contributed by atoms with E-state index < -0.39 is 0 Å². The summed E-state index contributed by atoms with van der Waals surface area (Å²) >= 11 is 7.49. The van der Waals surface area contributed by atoms with Crippen molar-refractivity contribution in [3.8, 4) is 0 Å². The topological polar surface area (TPSA) is 103 Å². The molecule has 32 heavy (non-hydrogen) atoms. The van der Waals surface area contributed by atoms with Crippen LogP contribution >= 0.6 is 23.4 Å². The lowest BCUT2D eigenvalue weighted by molar-refractivity contribution is 0.186. The Bertz CT molecular complexity index is 1240. The molecule has 166 valence electrons. The van der Waals surface area contributed by atoms with E-state index in [9.17, 15) is 4.79 Å². The number of pyridine rings is 1. The number of halogens is 1. The molecule has 0 bridgehead atoms. The highest BCUT2D eigenvalue weighted by Crippen LogP contribution is 2.50. The molecule has 2 aromatic heterocycles. The van der Waals surface area contributed by atoms with Gasteiger partial charge in [-0.05, 0) is 41.9 Å². The number of hydrogen-bond donors (Lipinski definition) is 2. The fourth-order valence-corrected chi connectivity index (χ4v) is 6.09. The molecule has 2 aliphatic rings. The van der Waals surface area contributed by atoms with Gasteiger partial charge in [0.1, 0.15) is 5.82 Å². The highest BCUT2D eigenvalue weighted by Gasteiger charge is 2.46. The Balaban J connectivity index is 1.34. The van der Waals surface area contributed by atoms with Crippen molar-refractivity contribution in [1.29, 1.82) is 0 Å². The van der Waals surface area contributed by atoms with Crippen LogP contribution < -0.4 is 21.9 Å². The third kappa shape index (κ3) is 3.46. The molecule has 0 unspecified atom stereocenters. The van der Waals surface area contributed by atoms with Crippen molar-refractivity contribution in [2.24, 2.45) is 18.2 Å². The first-order chi connectivity index (χ1) is 15.4. The molecule has 7 nitrogen and oxygen atoms in total. The van der Waals surface area contributed by atoms with E-state index in [1.165, 1.54) is 22.9 Å². The molecule has 1 fully saturated rings. The second-order valence-electron chi connectivity index (χ2n) is 8.60. The van der Waals surface area contributed by atoms with Crippen LogP contribution in [0.3, 0.4) is 0 Å². The average Bonchev–Trinajstić information content (AvgIpc) is 3.07. The van der Waals surface area contributed by atoms with E-state index >= 15 is 0 Å². The highest BCUT2D eigenvalue weighted by atomic mass is 35.5. The minimum absolute atomic E-state index is 0.0638. The standard InChI is InChI=1S/C23H25ClN6OS/c1-29-21(31)17(32-16-6-9-27-20(26)18(16)24)13-28-22(29)30-10-7-23(8-11-30)12-14-4-2-3-5-15(14)19(23)25/h2-6,9,13,19H,7-8,10-12,25H2,1H3,(H2,26,27)/t19-/m1/s1. The first-order valence-corrected chi connectivity index (χ1v) is 11.8. The Morgan fingerprint density at radius 2 is 1.91 bits per heavy atom. The van der Waals surface area contributed by atoms with Gasteiger partial charge in [0.2, 0.25) is 5.95 Å². The Hall–Kier alpha value is -2.55. The number of benzene rings is 1. The molecule has 5 rings (SSSR count). The quantitative estimate of drug-likeness (QED) is 0.607. The third-order valence-electron chi connectivity index (χ3n) is 6.85. The highest BCUT2D eigenvalue weighted by molar-refractivity contribution is 7.99. The van der Waals surface area contributed by atoms with Crippen molar-refractivity contribution in [2.45, 2.75) is 35.1 Å². The largest absolute Gasteiger partial charge is 0.382 e. The van der Waals surface area contributed by atoms with Gasteiger partial charge in [0.25, 0.3) is 5.56 Å². The van der Waals surface area contributed by atoms with Crippen molar-refractivity contribution < 1.29 is 0 Å². The van der Waals surface area contributed by atoms with Crippen molar-refractivity contribution in [3.05, 3.63) is 69.2 Å². The molecule has 3 heterocycles. The van der Waals surface area contributed by atoms with Crippen molar-refractivity contribution >= 4 is 35.1 Å². The van der Waals surface area contributed by atoms with E-state index in [-0.39, 0.29) is 22.8 Å². The number of nitrogens with zero attached hydrogens (tertiary/aromatic N) is 4. The van der Waals surface area contributed by atoms with Gasteiger partial charge in [0.05, 0.1) is 16.1 Å². The van der Waals surface area contributed by atoms with Gasteiger partial charge in [-0.2, -0.15) is 0 Å². The number of nitrogens with two attached hydrogens (primary N) is 2. The molecule has 1 aliphatic carbocycles. The summed E-state index contributed by atoms with van der Waals surface area (Å²) in [5.74, 6) is 0.922. The summed E-state index contributed by atoms with van der Waals surface area (Å²) in [7, 11) is 1.76. The normalized spacial score (nSPS) is 19.3. The van der Waals surface area contributed by atoms with Crippen LogP contribution in [-0.4, -0.2) is 27.6 Å². The monoisotopic (exact) mass is 468 g/mol. The summed E-state index contributed by atoms with van der Waals surface area (Å²) in [5, 5.41) is 0.346. The van der Waals surface area contributed by atoms with Crippen LogP contribution in [0, 0.1) is 5.41 Å². The van der Waals surface area contributed by atoms with E-state index in [4.69, 9.17) is 23.1 Å². The van der Waals surface area contributed by atoms with Crippen molar-refractivity contribution in [3.63, 3.8) is 0 Å². The molecule has 0 saturated carbocycles. The predicted molar refractivity (Wildman–Crippen MR) is 128 cm³/mol. The van der Waals surface area contributed by atoms with Crippen LogP contribution in [-0.2, 0) is 13.5 Å². The fraction of sp³-hybridized carbons (Fsp3) is 0.348. The fourth-order valence-electron chi connectivity index (χ4n) is 4.97. The molecule has 1 saturated heterocycles. The molecule has 9 heteroatoms.